The molecule has 1 aromatic heterocycles. The Bertz CT molecular complexity index is 728. The number of carbonyl (C=O) groups excluding carboxylic acids is 1. The first kappa shape index (κ1) is 13.3. The molecule has 1 unspecified atom stereocenters. The van der Waals surface area contributed by atoms with E-state index in [0.717, 1.165) is 29.9 Å². The van der Waals surface area contributed by atoms with Gasteiger partial charge in [0.05, 0.1) is 0 Å². The van der Waals surface area contributed by atoms with E-state index in [1.54, 1.807) is 17.0 Å². The Morgan fingerprint density at radius 1 is 1.52 bits per heavy atom. The van der Waals surface area contributed by atoms with Gasteiger partial charge >= 0.3 is 0 Å². The zero-order chi connectivity index (χ0) is 14.8. The SMILES string of the molecule is CCCNC1C(=O)Nc2cc(-n3ccnc3C#N)ccc21. The van der Waals surface area contributed by atoms with Crippen molar-refractivity contribution >= 4 is 11.6 Å². The lowest BCUT2D eigenvalue weighted by Gasteiger charge is -2.11. The van der Waals surface area contributed by atoms with Crippen molar-refractivity contribution in [3.8, 4) is 11.8 Å². The Hall–Kier alpha value is -2.65. The molecule has 2 aromatic rings. The molecule has 3 rings (SSSR count). The summed E-state index contributed by atoms with van der Waals surface area (Å²) < 4.78 is 1.69. The number of fused-ring (bicyclic) bond motifs is 1. The van der Waals surface area contributed by atoms with Gasteiger partial charge in [-0.25, -0.2) is 4.98 Å². The number of nitrogens with zero attached hydrogens (tertiary/aromatic N) is 3. The maximum absolute atomic E-state index is 12.0. The van der Waals surface area contributed by atoms with Gasteiger partial charge in [-0.1, -0.05) is 13.0 Å². The molecule has 2 heterocycles. The van der Waals surface area contributed by atoms with Gasteiger partial charge in [0.1, 0.15) is 12.1 Å². The second kappa shape index (κ2) is 5.38. The van der Waals surface area contributed by atoms with E-state index in [0.29, 0.717) is 5.82 Å². The van der Waals surface area contributed by atoms with Gasteiger partial charge < -0.3 is 10.6 Å². The number of nitriles is 1. The van der Waals surface area contributed by atoms with Crippen LogP contribution in [0.4, 0.5) is 5.69 Å². The number of nitrogens with one attached hydrogen (secondary N) is 2. The van der Waals surface area contributed by atoms with Crippen LogP contribution in [0.3, 0.4) is 0 Å². The Kier molecular flexibility index (Phi) is 3.42. The van der Waals surface area contributed by atoms with Gasteiger partial charge in [0, 0.05) is 29.3 Å². The third-order valence-electron chi connectivity index (χ3n) is 3.49. The molecule has 1 amide bonds. The minimum absolute atomic E-state index is 0.0401. The van der Waals surface area contributed by atoms with Gasteiger partial charge in [-0.3, -0.25) is 9.36 Å². The van der Waals surface area contributed by atoms with Crippen LogP contribution in [0, 0.1) is 11.3 Å². The average Bonchev–Trinajstić information content (AvgIpc) is 3.08. The summed E-state index contributed by atoms with van der Waals surface area (Å²) in [7, 11) is 0. The van der Waals surface area contributed by atoms with Crippen molar-refractivity contribution in [3.63, 3.8) is 0 Å². The first-order valence-corrected chi connectivity index (χ1v) is 6.86. The second-order valence-electron chi connectivity index (χ2n) is 4.88. The summed E-state index contributed by atoms with van der Waals surface area (Å²) in [5, 5.41) is 15.1. The summed E-state index contributed by atoms with van der Waals surface area (Å²) in [5.41, 5.74) is 2.53. The molecule has 0 fully saturated rings. The van der Waals surface area contributed by atoms with E-state index in [2.05, 4.69) is 22.5 Å². The van der Waals surface area contributed by atoms with E-state index >= 15 is 0 Å². The van der Waals surface area contributed by atoms with Crippen LogP contribution in [0.1, 0.15) is 30.8 Å². The Labute approximate surface area is 122 Å². The van der Waals surface area contributed by atoms with Crippen LogP contribution >= 0.6 is 0 Å². The first-order chi connectivity index (χ1) is 10.2. The number of rotatable bonds is 4. The number of benzene rings is 1. The zero-order valence-electron chi connectivity index (χ0n) is 11.6. The number of hydrogen-bond donors (Lipinski definition) is 2. The van der Waals surface area contributed by atoms with Gasteiger partial charge in [-0.2, -0.15) is 5.26 Å². The van der Waals surface area contributed by atoms with Crippen molar-refractivity contribution < 1.29 is 4.79 Å². The van der Waals surface area contributed by atoms with Crippen molar-refractivity contribution in [2.75, 3.05) is 11.9 Å². The fraction of sp³-hybridized carbons (Fsp3) is 0.267. The molecule has 1 atom stereocenters. The van der Waals surface area contributed by atoms with Crippen molar-refractivity contribution in [1.82, 2.24) is 14.9 Å². The minimum atomic E-state index is -0.299. The van der Waals surface area contributed by atoms with Gasteiger partial charge in [-0.05, 0) is 25.1 Å². The standard InChI is InChI=1S/C15H15N5O/c1-2-5-18-14-11-4-3-10(8-12(11)19-15(14)21)20-7-6-17-13(20)9-16/h3-4,6-8,14,18H,2,5H2,1H3,(H,19,21). The maximum atomic E-state index is 12.0. The van der Waals surface area contributed by atoms with Crippen LogP contribution in [0.25, 0.3) is 5.69 Å². The summed E-state index contributed by atoms with van der Waals surface area (Å²) in [4.78, 5) is 16.0. The topological polar surface area (TPSA) is 82.7 Å². The second-order valence-corrected chi connectivity index (χ2v) is 4.88. The average molecular weight is 281 g/mol. The molecule has 0 bridgehead atoms. The Balaban J connectivity index is 1.96. The summed E-state index contributed by atoms with van der Waals surface area (Å²) in [5.74, 6) is 0.279. The molecule has 6 heteroatoms. The highest BCUT2D eigenvalue weighted by Crippen LogP contribution is 2.32. The number of amides is 1. The lowest BCUT2D eigenvalue weighted by atomic mass is 10.1. The number of anilines is 1. The normalized spacial score (nSPS) is 16.4. The minimum Gasteiger partial charge on any atom is -0.324 e. The number of carbonyl (C=O) groups is 1. The summed E-state index contributed by atoms with van der Waals surface area (Å²) in [6, 6.07) is 7.41. The number of hydrogen-bond acceptors (Lipinski definition) is 4. The molecule has 1 aromatic carbocycles. The molecule has 106 valence electrons. The van der Waals surface area contributed by atoms with Crippen molar-refractivity contribution in [3.05, 3.63) is 42.0 Å². The summed E-state index contributed by atoms with van der Waals surface area (Å²) in [6.07, 6.45) is 4.28. The molecular weight excluding hydrogens is 266 g/mol. The third-order valence-corrected chi connectivity index (χ3v) is 3.49. The predicted octanol–water partition coefficient (Wildman–Crippen LogP) is 1.74. The van der Waals surface area contributed by atoms with Crippen LogP contribution in [0.5, 0.6) is 0 Å². The highest BCUT2D eigenvalue weighted by molar-refractivity contribution is 6.02. The maximum Gasteiger partial charge on any atom is 0.246 e. The van der Waals surface area contributed by atoms with Crippen LogP contribution in [0.15, 0.2) is 30.6 Å². The quantitative estimate of drug-likeness (QED) is 0.894. The fourth-order valence-corrected chi connectivity index (χ4v) is 2.49. The molecule has 1 aliphatic heterocycles. The van der Waals surface area contributed by atoms with Gasteiger partial charge in [0.25, 0.3) is 0 Å². The van der Waals surface area contributed by atoms with E-state index in [1.807, 2.05) is 24.3 Å². The first-order valence-electron chi connectivity index (χ1n) is 6.86. The molecule has 0 saturated heterocycles. The lowest BCUT2D eigenvalue weighted by molar-refractivity contribution is -0.117. The van der Waals surface area contributed by atoms with E-state index in [4.69, 9.17) is 5.26 Å². The van der Waals surface area contributed by atoms with Crippen LogP contribution in [0.2, 0.25) is 0 Å². The Morgan fingerprint density at radius 3 is 3.14 bits per heavy atom. The molecular formula is C15H15N5O. The fourth-order valence-electron chi connectivity index (χ4n) is 2.49. The highest BCUT2D eigenvalue weighted by atomic mass is 16.2. The number of imidazole rings is 1. The van der Waals surface area contributed by atoms with E-state index in [9.17, 15) is 4.79 Å². The molecule has 21 heavy (non-hydrogen) atoms. The summed E-state index contributed by atoms with van der Waals surface area (Å²) >= 11 is 0. The van der Waals surface area contributed by atoms with Gasteiger partial charge in [0.2, 0.25) is 11.7 Å². The monoisotopic (exact) mass is 281 g/mol. The largest absolute Gasteiger partial charge is 0.324 e. The van der Waals surface area contributed by atoms with Gasteiger partial charge in [0.15, 0.2) is 0 Å². The van der Waals surface area contributed by atoms with Crippen LogP contribution in [-0.4, -0.2) is 22.0 Å². The van der Waals surface area contributed by atoms with Crippen molar-refractivity contribution in [1.29, 1.82) is 5.26 Å². The predicted molar refractivity (Wildman–Crippen MR) is 77.9 cm³/mol. The van der Waals surface area contributed by atoms with E-state index < -0.39 is 0 Å². The molecule has 0 spiro atoms. The zero-order valence-corrected chi connectivity index (χ0v) is 11.6. The van der Waals surface area contributed by atoms with Crippen molar-refractivity contribution in [2.45, 2.75) is 19.4 Å². The molecule has 6 nitrogen and oxygen atoms in total. The van der Waals surface area contributed by atoms with E-state index in [-0.39, 0.29) is 11.9 Å². The van der Waals surface area contributed by atoms with Crippen LogP contribution in [-0.2, 0) is 4.79 Å². The molecule has 1 aliphatic rings. The van der Waals surface area contributed by atoms with Crippen LogP contribution < -0.4 is 10.6 Å². The third kappa shape index (κ3) is 2.28. The van der Waals surface area contributed by atoms with E-state index in [1.165, 1.54) is 0 Å². The molecule has 0 saturated carbocycles. The summed E-state index contributed by atoms with van der Waals surface area (Å²) in [6.45, 7) is 2.85. The lowest BCUT2D eigenvalue weighted by Crippen LogP contribution is -2.27. The van der Waals surface area contributed by atoms with Crippen molar-refractivity contribution in [2.24, 2.45) is 0 Å². The molecule has 0 aliphatic carbocycles. The van der Waals surface area contributed by atoms with Gasteiger partial charge in [-0.15, -0.1) is 0 Å². The highest BCUT2D eigenvalue weighted by Gasteiger charge is 2.30. The molecule has 2 N–H and O–H groups in total. The Morgan fingerprint density at radius 2 is 2.38 bits per heavy atom. The number of aromatic nitrogens is 2. The molecule has 0 radical (unpaired) electrons. The smallest absolute Gasteiger partial charge is 0.246 e.